The van der Waals surface area contributed by atoms with Crippen molar-refractivity contribution in [3.63, 3.8) is 0 Å². The average Bonchev–Trinajstić information content (AvgIpc) is 3.28. The van der Waals surface area contributed by atoms with E-state index in [1.807, 2.05) is 0 Å². The summed E-state index contributed by atoms with van der Waals surface area (Å²) in [5.74, 6) is 1.23. The molecule has 1 saturated heterocycles. The third-order valence-corrected chi connectivity index (χ3v) is 7.42. The summed E-state index contributed by atoms with van der Waals surface area (Å²) in [7, 11) is -3.47. The second-order valence-corrected chi connectivity index (χ2v) is 9.57. The van der Waals surface area contributed by atoms with Crippen molar-refractivity contribution in [2.45, 2.75) is 22.8 Å². The summed E-state index contributed by atoms with van der Waals surface area (Å²) in [6.45, 7) is 2.10. The predicted octanol–water partition coefficient (Wildman–Crippen LogP) is 2.37. The summed E-state index contributed by atoms with van der Waals surface area (Å²) in [5, 5.41) is 3.40. The second kappa shape index (κ2) is 8.60. The molecule has 1 aromatic carbocycles. The van der Waals surface area contributed by atoms with Crippen molar-refractivity contribution < 1.29 is 22.7 Å². The van der Waals surface area contributed by atoms with Gasteiger partial charge < -0.3 is 14.8 Å². The largest absolute Gasteiger partial charge is 0.486 e. The second-order valence-electron chi connectivity index (χ2n) is 6.64. The number of nitrogens with one attached hydrogen (secondary N) is 1. The van der Waals surface area contributed by atoms with E-state index in [1.165, 1.54) is 22.3 Å². The lowest BCUT2D eigenvalue weighted by atomic mass is 10.2. The molecule has 1 amide bonds. The maximum absolute atomic E-state index is 12.5. The standard InChI is InChI=1S/C19H21N3O5S2/c23-18(21-14-3-5-16-17(11-14)27-10-9-26-16)13-28-19-6-4-15(12-20-19)29(24,25)22-7-1-2-8-22/h3-6,11-12H,1-2,7-10,13H2,(H,21,23). The van der Waals surface area contributed by atoms with Crippen LogP contribution in [0.4, 0.5) is 5.69 Å². The molecule has 2 aliphatic heterocycles. The summed E-state index contributed by atoms with van der Waals surface area (Å²) in [5.41, 5.74) is 0.625. The maximum Gasteiger partial charge on any atom is 0.244 e. The van der Waals surface area contributed by atoms with Gasteiger partial charge in [0.1, 0.15) is 18.1 Å². The number of pyridine rings is 1. The van der Waals surface area contributed by atoms with Crippen LogP contribution in [0.3, 0.4) is 0 Å². The maximum atomic E-state index is 12.5. The SMILES string of the molecule is O=C(CSc1ccc(S(=O)(=O)N2CCCC2)cn1)Nc1ccc2c(c1)OCCO2. The molecule has 29 heavy (non-hydrogen) atoms. The van der Waals surface area contributed by atoms with E-state index in [0.29, 0.717) is 48.5 Å². The van der Waals surface area contributed by atoms with Crippen molar-refractivity contribution in [2.24, 2.45) is 0 Å². The minimum absolute atomic E-state index is 0.152. The van der Waals surface area contributed by atoms with Gasteiger partial charge in [-0.3, -0.25) is 4.79 Å². The van der Waals surface area contributed by atoms with Gasteiger partial charge in [0.05, 0.1) is 10.8 Å². The third-order valence-electron chi connectivity index (χ3n) is 4.59. The molecule has 10 heteroatoms. The van der Waals surface area contributed by atoms with Crippen molar-refractivity contribution in [3.05, 3.63) is 36.5 Å². The van der Waals surface area contributed by atoms with Gasteiger partial charge in [-0.05, 0) is 37.1 Å². The van der Waals surface area contributed by atoms with Crippen LogP contribution in [0.2, 0.25) is 0 Å². The van der Waals surface area contributed by atoms with E-state index in [9.17, 15) is 13.2 Å². The van der Waals surface area contributed by atoms with E-state index in [4.69, 9.17) is 9.47 Å². The number of hydrogen-bond donors (Lipinski definition) is 1. The molecule has 1 fully saturated rings. The monoisotopic (exact) mass is 435 g/mol. The highest BCUT2D eigenvalue weighted by molar-refractivity contribution is 7.99. The number of rotatable bonds is 6. The minimum Gasteiger partial charge on any atom is -0.486 e. The Kier molecular flexibility index (Phi) is 5.93. The highest BCUT2D eigenvalue weighted by atomic mass is 32.2. The molecule has 0 atom stereocenters. The number of benzene rings is 1. The van der Waals surface area contributed by atoms with Gasteiger partial charge in [0, 0.05) is 31.0 Å². The summed E-state index contributed by atoms with van der Waals surface area (Å²) >= 11 is 1.24. The fourth-order valence-electron chi connectivity index (χ4n) is 3.14. The lowest BCUT2D eigenvalue weighted by molar-refractivity contribution is -0.113. The number of fused-ring (bicyclic) bond motifs is 1. The number of carbonyl (C=O) groups excluding carboxylic acids is 1. The van der Waals surface area contributed by atoms with Gasteiger partial charge in [0.15, 0.2) is 11.5 Å². The van der Waals surface area contributed by atoms with Gasteiger partial charge in [-0.1, -0.05) is 11.8 Å². The van der Waals surface area contributed by atoms with Crippen LogP contribution in [0.15, 0.2) is 46.5 Å². The molecule has 3 heterocycles. The van der Waals surface area contributed by atoms with E-state index >= 15 is 0 Å². The highest BCUT2D eigenvalue weighted by Crippen LogP contribution is 2.32. The molecule has 4 rings (SSSR count). The van der Waals surface area contributed by atoms with Gasteiger partial charge >= 0.3 is 0 Å². The Hall–Kier alpha value is -2.30. The molecule has 0 saturated carbocycles. The summed E-state index contributed by atoms with van der Waals surface area (Å²) in [6, 6.07) is 8.42. The molecule has 2 aromatic rings. The molecule has 2 aliphatic rings. The zero-order chi connectivity index (χ0) is 20.3. The Labute approximate surface area is 173 Å². The summed E-state index contributed by atoms with van der Waals surface area (Å²) in [6.07, 6.45) is 3.13. The topological polar surface area (TPSA) is 97.8 Å². The van der Waals surface area contributed by atoms with Gasteiger partial charge in [-0.2, -0.15) is 4.31 Å². The van der Waals surface area contributed by atoms with Crippen LogP contribution in [0, 0.1) is 0 Å². The van der Waals surface area contributed by atoms with Crippen LogP contribution in [-0.2, 0) is 14.8 Å². The number of anilines is 1. The summed E-state index contributed by atoms with van der Waals surface area (Å²) < 4.78 is 37.5. The lowest BCUT2D eigenvalue weighted by Gasteiger charge is -2.19. The van der Waals surface area contributed by atoms with Gasteiger partial charge in [0.25, 0.3) is 0 Å². The van der Waals surface area contributed by atoms with Crippen molar-refractivity contribution >= 4 is 33.4 Å². The minimum atomic E-state index is -3.47. The zero-order valence-corrected chi connectivity index (χ0v) is 17.3. The Balaban J connectivity index is 1.32. The molecule has 1 aromatic heterocycles. The molecule has 1 N–H and O–H groups in total. The zero-order valence-electron chi connectivity index (χ0n) is 15.7. The van der Waals surface area contributed by atoms with Crippen molar-refractivity contribution in [1.29, 1.82) is 0 Å². The summed E-state index contributed by atoms with van der Waals surface area (Å²) in [4.78, 5) is 16.6. The molecule has 8 nitrogen and oxygen atoms in total. The Morgan fingerprint density at radius 1 is 1.10 bits per heavy atom. The molecule has 0 spiro atoms. The number of aromatic nitrogens is 1. The van der Waals surface area contributed by atoms with E-state index in [0.717, 1.165) is 12.8 Å². The first-order valence-electron chi connectivity index (χ1n) is 9.31. The van der Waals surface area contributed by atoms with Crippen molar-refractivity contribution in [1.82, 2.24) is 9.29 Å². The number of thioether (sulfide) groups is 1. The van der Waals surface area contributed by atoms with Crippen LogP contribution in [0.25, 0.3) is 0 Å². The van der Waals surface area contributed by atoms with Crippen LogP contribution >= 0.6 is 11.8 Å². The fourth-order valence-corrected chi connectivity index (χ4v) is 5.25. The first kappa shape index (κ1) is 20.0. The van der Waals surface area contributed by atoms with Crippen LogP contribution in [-0.4, -0.2) is 55.7 Å². The smallest absolute Gasteiger partial charge is 0.244 e. The van der Waals surface area contributed by atoms with Gasteiger partial charge in [0.2, 0.25) is 15.9 Å². The van der Waals surface area contributed by atoms with E-state index in [2.05, 4.69) is 10.3 Å². The number of sulfonamides is 1. The molecule has 154 valence electrons. The fraction of sp³-hybridized carbons (Fsp3) is 0.368. The first-order valence-corrected chi connectivity index (χ1v) is 11.7. The molecule has 0 bridgehead atoms. The van der Waals surface area contributed by atoms with Crippen LogP contribution < -0.4 is 14.8 Å². The molecular weight excluding hydrogens is 414 g/mol. The number of carbonyl (C=O) groups is 1. The number of ether oxygens (including phenoxy) is 2. The number of nitrogens with zero attached hydrogens (tertiary/aromatic N) is 2. The molecule has 0 aliphatic carbocycles. The number of hydrogen-bond acceptors (Lipinski definition) is 7. The van der Waals surface area contributed by atoms with Gasteiger partial charge in [-0.15, -0.1) is 0 Å². The Bertz CT molecular complexity index is 989. The van der Waals surface area contributed by atoms with Crippen molar-refractivity contribution in [2.75, 3.05) is 37.4 Å². The average molecular weight is 436 g/mol. The quantitative estimate of drug-likeness (QED) is 0.696. The Morgan fingerprint density at radius 2 is 1.86 bits per heavy atom. The molecule has 0 unspecified atom stereocenters. The van der Waals surface area contributed by atoms with E-state index in [-0.39, 0.29) is 16.6 Å². The first-order chi connectivity index (χ1) is 14.0. The normalized spacial score (nSPS) is 16.6. The van der Waals surface area contributed by atoms with Gasteiger partial charge in [-0.25, -0.2) is 13.4 Å². The Morgan fingerprint density at radius 3 is 2.59 bits per heavy atom. The molecule has 0 radical (unpaired) electrons. The predicted molar refractivity (Wildman–Crippen MR) is 109 cm³/mol. The lowest BCUT2D eigenvalue weighted by Crippen LogP contribution is -2.27. The third kappa shape index (κ3) is 4.65. The van der Waals surface area contributed by atoms with E-state index < -0.39 is 10.0 Å². The van der Waals surface area contributed by atoms with Crippen LogP contribution in [0.1, 0.15) is 12.8 Å². The highest BCUT2D eigenvalue weighted by Gasteiger charge is 2.27. The number of amides is 1. The van der Waals surface area contributed by atoms with Crippen molar-refractivity contribution in [3.8, 4) is 11.5 Å². The van der Waals surface area contributed by atoms with Crippen LogP contribution in [0.5, 0.6) is 11.5 Å². The molecular formula is C19H21N3O5S2. The van der Waals surface area contributed by atoms with E-state index in [1.54, 1.807) is 30.3 Å².